The summed E-state index contributed by atoms with van der Waals surface area (Å²) in [7, 11) is 3.16. The molecule has 66 valence electrons. The van der Waals surface area contributed by atoms with E-state index in [4.69, 9.17) is 21.1 Å². The largest absolute Gasteiger partial charge is 0.481 e. The van der Waals surface area contributed by atoms with Crippen LogP contribution < -0.4 is 4.74 Å². The van der Waals surface area contributed by atoms with E-state index in [0.29, 0.717) is 17.6 Å². The van der Waals surface area contributed by atoms with Crippen LogP contribution in [0.3, 0.4) is 0 Å². The van der Waals surface area contributed by atoms with Gasteiger partial charge in [0, 0.05) is 18.7 Å². The molecule has 0 aliphatic carbocycles. The molecule has 3 nitrogen and oxygen atoms in total. The van der Waals surface area contributed by atoms with Crippen LogP contribution in [0.25, 0.3) is 0 Å². The Bertz CT molecular complexity index is 265. The first-order valence-electron chi connectivity index (χ1n) is 3.46. The number of rotatable bonds is 3. The third kappa shape index (κ3) is 2.09. The van der Waals surface area contributed by atoms with Crippen molar-refractivity contribution >= 4 is 11.6 Å². The quantitative estimate of drug-likeness (QED) is 0.678. The summed E-state index contributed by atoms with van der Waals surface area (Å²) in [6, 6.07) is 3.58. The summed E-state index contributed by atoms with van der Waals surface area (Å²) in [5, 5.41) is 0.427. The zero-order chi connectivity index (χ0) is 8.97. The summed E-state index contributed by atoms with van der Waals surface area (Å²) < 4.78 is 9.81. The molecule has 0 fully saturated rings. The molecular weight excluding hydrogens is 178 g/mol. The Balaban J connectivity index is 2.87. The minimum Gasteiger partial charge on any atom is -0.481 e. The van der Waals surface area contributed by atoms with Crippen LogP contribution in [-0.4, -0.2) is 19.2 Å². The van der Waals surface area contributed by atoms with Gasteiger partial charge in [-0.3, -0.25) is 0 Å². The van der Waals surface area contributed by atoms with Crippen molar-refractivity contribution in [2.24, 2.45) is 0 Å². The van der Waals surface area contributed by atoms with E-state index >= 15 is 0 Å². The van der Waals surface area contributed by atoms with Crippen LogP contribution in [0.2, 0.25) is 5.15 Å². The van der Waals surface area contributed by atoms with Crippen LogP contribution in [0.5, 0.6) is 5.88 Å². The summed E-state index contributed by atoms with van der Waals surface area (Å²) in [6.45, 7) is 0.468. The lowest BCUT2D eigenvalue weighted by molar-refractivity contribution is 0.184. The van der Waals surface area contributed by atoms with Gasteiger partial charge in [0.1, 0.15) is 5.15 Å². The highest BCUT2D eigenvalue weighted by Crippen LogP contribution is 2.17. The molecule has 0 atom stereocenters. The molecule has 0 spiro atoms. The highest BCUT2D eigenvalue weighted by Gasteiger charge is 2.02. The molecule has 0 aliphatic rings. The monoisotopic (exact) mass is 187 g/mol. The minimum atomic E-state index is 0.427. The number of nitrogens with zero attached hydrogens (tertiary/aromatic N) is 1. The smallest absolute Gasteiger partial charge is 0.214 e. The van der Waals surface area contributed by atoms with Crippen molar-refractivity contribution in [1.29, 1.82) is 0 Å². The van der Waals surface area contributed by atoms with Gasteiger partial charge >= 0.3 is 0 Å². The van der Waals surface area contributed by atoms with Gasteiger partial charge in [0.2, 0.25) is 5.88 Å². The predicted octanol–water partition coefficient (Wildman–Crippen LogP) is 1.89. The van der Waals surface area contributed by atoms with E-state index in [1.807, 2.05) is 6.07 Å². The maximum absolute atomic E-state index is 5.82. The highest BCUT2D eigenvalue weighted by molar-refractivity contribution is 6.30. The molecule has 4 heteroatoms. The van der Waals surface area contributed by atoms with E-state index in [0.717, 1.165) is 5.56 Å². The van der Waals surface area contributed by atoms with Crippen molar-refractivity contribution < 1.29 is 9.47 Å². The molecule has 0 saturated carbocycles. The molecule has 0 amide bonds. The fraction of sp³-hybridized carbons (Fsp3) is 0.375. The number of ether oxygens (including phenoxy) is 2. The fourth-order valence-corrected chi connectivity index (χ4v) is 1.02. The molecule has 12 heavy (non-hydrogen) atoms. The number of halogens is 1. The summed E-state index contributed by atoms with van der Waals surface area (Å²) in [5.41, 5.74) is 0.861. The van der Waals surface area contributed by atoms with Crippen LogP contribution in [0, 0.1) is 0 Å². The summed E-state index contributed by atoms with van der Waals surface area (Å²) in [6.07, 6.45) is 0. The van der Waals surface area contributed by atoms with Gasteiger partial charge in [-0.2, -0.15) is 0 Å². The molecule has 0 saturated heterocycles. The molecule has 1 aromatic heterocycles. The maximum Gasteiger partial charge on any atom is 0.214 e. The van der Waals surface area contributed by atoms with E-state index in [1.165, 1.54) is 0 Å². The normalized spacial score (nSPS) is 9.92. The second kappa shape index (κ2) is 4.28. The summed E-state index contributed by atoms with van der Waals surface area (Å²) in [5.74, 6) is 0.514. The first-order valence-corrected chi connectivity index (χ1v) is 3.84. The first kappa shape index (κ1) is 9.29. The van der Waals surface area contributed by atoms with Gasteiger partial charge in [0.25, 0.3) is 0 Å². The molecular formula is C8H10ClNO2. The molecule has 0 radical (unpaired) electrons. The van der Waals surface area contributed by atoms with Gasteiger partial charge in [-0.05, 0) is 6.07 Å². The SMILES string of the molecule is COCc1ccc(OC)nc1Cl. The van der Waals surface area contributed by atoms with Gasteiger partial charge in [-0.15, -0.1) is 0 Å². The average molecular weight is 188 g/mol. The lowest BCUT2D eigenvalue weighted by Crippen LogP contribution is -1.93. The number of aromatic nitrogens is 1. The summed E-state index contributed by atoms with van der Waals surface area (Å²) in [4.78, 5) is 3.97. The van der Waals surface area contributed by atoms with E-state index < -0.39 is 0 Å². The Hall–Kier alpha value is -0.800. The molecule has 0 aliphatic heterocycles. The van der Waals surface area contributed by atoms with Crippen LogP contribution in [-0.2, 0) is 11.3 Å². The van der Waals surface area contributed by atoms with E-state index in [-0.39, 0.29) is 0 Å². The van der Waals surface area contributed by atoms with Crippen LogP contribution >= 0.6 is 11.6 Å². The van der Waals surface area contributed by atoms with Crippen molar-refractivity contribution in [3.8, 4) is 5.88 Å². The van der Waals surface area contributed by atoms with Crippen LogP contribution in [0.4, 0.5) is 0 Å². The maximum atomic E-state index is 5.82. The van der Waals surface area contributed by atoms with E-state index in [9.17, 15) is 0 Å². The summed E-state index contributed by atoms with van der Waals surface area (Å²) >= 11 is 5.82. The van der Waals surface area contributed by atoms with Crippen LogP contribution in [0.15, 0.2) is 12.1 Å². The van der Waals surface area contributed by atoms with Crippen molar-refractivity contribution in [1.82, 2.24) is 4.98 Å². The Morgan fingerprint density at radius 2 is 2.17 bits per heavy atom. The fourth-order valence-electron chi connectivity index (χ4n) is 0.823. The lowest BCUT2D eigenvalue weighted by atomic mass is 10.3. The molecule has 1 heterocycles. The second-order valence-corrected chi connectivity index (χ2v) is 2.59. The van der Waals surface area contributed by atoms with Crippen LogP contribution in [0.1, 0.15) is 5.56 Å². The Morgan fingerprint density at radius 3 is 2.67 bits per heavy atom. The molecule has 1 rings (SSSR count). The van der Waals surface area contributed by atoms with Crippen molar-refractivity contribution in [2.45, 2.75) is 6.61 Å². The van der Waals surface area contributed by atoms with Crippen molar-refractivity contribution in [2.75, 3.05) is 14.2 Å². The molecule has 0 N–H and O–H groups in total. The minimum absolute atomic E-state index is 0.427. The zero-order valence-electron chi connectivity index (χ0n) is 7.00. The first-order chi connectivity index (χ1) is 5.77. The molecule has 0 bridgehead atoms. The van der Waals surface area contributed by atoms with Gasteiger partial charge < -0.3 is 9.47 Å². The molecule has 0 unspecified atom stereocenters. The Kier molecular flexibility index (Phi) is 3.31. The zero-order valence-corrected chi connectivity index (χ0v) is 7.76. The standard InChI is InChI=1S/C8H10ClNO2/c1-11-5-6-3-4-7(12-2)10-8(6)9/h3-4H,5H2,1-2H3. The van der Waals surface area contributed by atoms with Crippen molar-refractivity contribution in [3.63, 3.8) is 0 Å². The molecule has 1 aromatic rings. The topological polar surface area (TPSA) is 31.4 Å². The van der Waals surface area contributed by atoms with Gasteiger partial charge in [-0.1, -0.05) is 11.6 Å². The van der Waals surface area contributed by atoms with Gasteiger partial charge in [0.15, 0.2) is 0 Å². The number of methoxy groups -OCH3 is 2. The third-order valence-electron chi connectivity index (χ3n) is 1.41. The van der Waals surface area contributed by atoms with Crippen molar-refractivity contribution in [3.05, 3.63) is 22.8 Å². The number of pyridine rings is 1. The average Bonchev–Trinajstić information content (AvgIpc) is 2.09. The number of hydrogen-bond acceptors (Lipinski definition) is 3. The van der Waals surface area contributed by atoms with E-state index in [2.05, 4.69) is 4.98 Å². The number of hydrogen-bond donors (Lipinski definition) is 0. The second-order valence-electron chi connectivity index (χ2n) is 2.24. The Labute approximate surface area is 76.3 Å². The molecule has 0 aromatic carbocycles. The van der Waals surface area contributed by atoms with Gasteiger partial charge in [0.05, 0.1) is 13.7 Å². The highest BCUT2D eigenvalue weighted by atomic mass is 35.5. The lowest BCUT2D eigenvalue weighted by Gasteiger charge is -2.03. The predicted molar refractivity (Wildman–Crippen MR) is 46.5 cm³/mol. The third-order valence-corrected chi connectivity index (χ3v) is 1.74. The van der Waals surface area contributed by atoms with E-state index in [1.54, 1.807) is 20.3 Å². The Morgan fingerprint density at radius 1 is 1.42 bits per heavy atom. The van der Waals surface area contributed by atoms with Gasteiger partial charge in [-0.25, -0.2) is 4.98 Å².